The molecule has 0 unspecified atom stereocenters. The van der Waals surface area contributed by atoms with Crippen LogP contribution >= 0.6 is 11.6 Å². The zero-order valence-corrected chi connectivity index (χ0v) is 9.00. The van der Waals surface area contributed by atoms with Gasteiger partial charge in [0.1, 0.15) is 0 Å². The number of allylic oxidation sites excluding steroid dienone is 1. The standard InChI is InChI=1S/C11H13ClN2O/c12-8-2-1-3-9-4-6-10(7-5-9)11(15)14-13/h1,3-7H,2,8,13H2,(H,14,15). The highest BCUT2D eigenvalue weighted by Crippen LogP contribution is 2.06. The Hall–Kier alpha value is -1.32. The van der Waals surface area contributed by atoms with Gasteiger partial charge in [0.2, 0.25) is 0 Å². The van der Waals surface area contributed by atoms with Crippen LogP contribution in [0.15, 0.2) is 30.3 Å². The quantitative estimate of drug-likeness (QED) is 0.355. The highest BCUT2D eigenvalue weighted by atomic mass is 35.5. The maximum absolute atomic E-state index is 11.1. The predicted octanol–water partition coefficient (Wildman–Crippen LogP) is 1.93. The fraction of sp³-hybridized carbons (Fsp3) is 0.182. The van der Waals surface area contributed by atoms with Crippen molar-refractivity contribution >= 4 is 23.6 Å². The van der Waals surface area contributed by atoms with Gasteiger partial charge in [0.05, 0.1) is 0 Å². The Labute approximate surface area is 93.9 Å². The monoisotopic (exact) mass is 224 g/mol. The van der Waals surface area contributed by atoms with E-state index in [9.17, 15) is 4.79 Å². The van der Waals surface area contributed by atoms with Crippen molar-refractivity contribution in [2.75, 3.05) is 5.88 Å². The molecule has 0 radical (unpaired) electrons. The van der Waals surface area contributed by atoms with Crippen molar-refractivity contribution in [3.63, 3.8) is 0 Å². The summed E-state index contributed by atoms with van der Waals surface area (Å²) in [5, 5.41) is 0. The molecule has 1 amide bonds. The molecule has 0 aliphatic heterocycles. The molecule has 3 N–H and O–H groups in total. The molecule has 15 heavy (non-hydrogen) atoms. The molecule has 0 bridgehead atoms. The molecule has 0 atom stereocenters. The van der Waals surface area contributed by atoms with Crippen molar-refractivity contribution in [2.45, 2.75) is 6.42 Å². The van der Waals surface area contributed by atoms with E-state index in [1.54, 1.807) is 12.1 Å². The molecule has 3 nitrogen and oxygen atoms in total. The van der Waals surface area contributed by atoms with E-state index in [4.69, 9.17) is 17.4 Å². The number of alkyl halides is 1. The van der Waals surface area contributed by atoms with Crippen LogP contribution in [-0.2, 0) is 0 Å². The van der Waals surface area contributed by atoms with Crippen molar-refractivity contribution in [3.8, 4) is 0 Å². The molecule has 80 valence electrons. The van der Waals surface area contributed by atoms with Gasteiger partial charge < -0.3 is 0 Å². The van der Waals surface area contributed by atoms with Gasteiger partial charge in [-0.05, 0) is 24.1 Å². The normalized spacial score (nSPS) is 10.5. The molecule has 0 heterocycles. The van der Waals surface area contributed by atoms with E-state index in [2.05, 4.69) is 5.43 Å². The zero-order chi connectivity index (χ0) is 11.1. The van der Waals surface area contributed by atoms with E-state index < -0.39 is 0 Å². The Bertz CT molecular complexity index is 346. The van der Waals surface area contributed by atoms with Crippen LogP contribution in [0.25, 0.3) is 6.08 Å². The average molecular weight is 225 g/mol. The minimum Gasteiger partial charge on any atom is -0.290 e. The molecule has 0 aliphatic rings. The molecule has 0 saturated heterocycles. The third-order valence-corrected chi connectivity index (χ3v) is 2.11. The first-order chi connectivity index (χ1) is 7.27. The van der Waals surface area contributed by atoms with Crippen molar-refractivity contribution in [3.05, 3.63) is 41.5 Å². The van der Waals surface area contributed by atoms with Crippen LogP contribution in [0.4, 0.5) is 0 Å². The summed E-state index contributed by atoms with van der Waals surface area (Å²) in [4.78, 5) is 11.1. The van der Waals surface area contributed by atoms with E-state index in [1.807, 2.05) is 24.3 Å². The van der Waals surface area contributed by atoms with Crippen LogP contribution in [0.3, 0.4) is 0 Å². The number of carbonyl (C=O) groups excluding carboxylic acids is 1. The summed E-state index contributed by atoms with van der Waals surface area (Å²) in [6.07, 6.45) is 4.80. The van der Waals surface area contributed by atoms with E-state index in [0.717, 1.165) is 12.0 Å². The van der Waals surface area contributed by atoms with Gasteiger partial charge in [0.25, 0.3) is 5.91 Å². The SMILES string of the molecule is NNC(=O)c1ccc(C=CCCCl)cc1. The first-order valence-electron chi connectivity index (χ1n) is 4.61. The minimum absolute atomic E-state index is 0.286. The van der Waals surface area contributed by atoms with Crippen LogP contribution < -0.4 is 11.3 Å². The molecule has 0 spiro atoms. The van der Waals surface area contributed by atoms with Gasteiger partial charge in [0.15, 0.2) is 0 Å². The van der Waals surface area contributed by atoms with Gasteiger partial charge in [-0.25, -0.2) is 5.84 Å². The number of hydrogen-bond acceptors (Lipinski definition) is 2. The molecule has 4 heteroatoms. The minimum atomic E-state index is -0.286. The van der Waals surface area contributed by atoms with E-state index >= 15 is 0 Å². The number of carbonyl (C=O) groups is 1. The Morgan fingerprint density at radius 1 is 1.40 bits per heavy atom. The third-order valence-electron chi connectivity index (χ3n) is 1.89. The number of nitrogens with two attached hydrogens (primary N) is 1. The van der Waals surface area contributed by atoms with Crippen molar-refractivity contribution < 1.29 is 4.79 Å². The highest BCUT2D eigenvalue weighted by molar-refractivity contribution is 6.17. The molecule has 0 saturated carbocycles. The lowest BCUT2D eigenvalue weighted by atomic mass is 10.1. The summed E-state index contributed by atoms with van der Waals surface area (Å²) < 4.78 is 0. The van der Waals surface area contributed by atoms with E-state index in [1.165, 1.54) is 0 Å². The number of halogens is 1. The average Bonchev–Trinajstić information content (AvgIpc) is 2.29. The van der Waals surface area contributed by atoms with Crippen molar-refractivity contribution in [1.29, 1.82) is 0 Å². The number of nitrogen functional groups attached to an aromatic ring is 1. The number of hydrogen-bond donors (Lipinski definition) is 2. The maximum atomic E-state index is 11.1. The Morgan fingerprint density at radius 3 is 2.60 bits per heavy atom. The Balaban J connectivity index is 2.68. The molecule has 1 aromatic rings. The summed E-state index contributed by atoms with van der Waals surface area (Å²) in [5.74, 6) is 5.34. The van der Waals surface area contributed by atoms with Crippen LogP contribution in [0, 0.1) is 0 Å². The molecule has 0 aliphatic carbocycles. The van der Waals surface area contributed by atoms with Crippen LogP contribution in [0.2, 0.25) is 0 Å². The smallest absolute Gasteiger partial charge is 0.265 e. The fourth-order valence-corrected chi connectivity index (χ4v) is 1.24. The largest absolute Gasteiger partial charge is 0.290 e. The van der Waals surface area contributed by atoms with E-state index in [-0.39, 0.29) is 5.91 Å². The summed E-state index contributed by atoms with van der Waals surface area (Å²) in [5.41, 5.74) is 3.66. The number of nitrogens with one attached hydrogen (secondary N) is 1. The Kier molecular flexibility index (Phi) is 4.87. The number of hydrazine groups is 1. The van der Waals surface area contributed by atoms with Crippen molar-refractivity contribution in [1.82, 2.24) is 5.43 Å². The topological polar surface area (TPSA) is 55.1 Å². The molecule has 0 fully saturated rings. The lowest BCUT2D eigenvalue weighted by Crippen LogP contribution is -2.29. The van der Waals surface area contributed by atoms with Gasteiger partial charge in [0, 0.05) is 11.4 Å². The van der Waals surface area contributed by atoms with Crippen LogP contribution in [0.5, 0.6) is 0 Å². The van der Waals surface area contributed by atoms with Gasteiger partial charge in [-0.15, -0.1) is 11.6 Å². The Morgan fingerprint density at radius 2 is 2.07 bits per heavy atom. The molecule has 0 aromatic heterocycles. The molecule has 1 rings (SSSR count). The molecular formula is C11H13ClN2O. The third kappa shape index (κ3) is 3.73. The lowest BCUT2D eigenvalue weighted by Gasteiger charge is -1.99. The van der Waals surface area contributed by atoms with Gasteiger partial charge in [-0.3, -0.25) is 10.2 Å². The van der Waals surface area contributed by atoms with Crippen molar-refractivity contribution in [2.24, 2.45) is 5.84 Å². The predicted molar refractivity (Wildman–Crippen MR) is 62.5 cm³/mol. The van der Waals surface area contributed by atoms with Crippen LogP contribution in [0.1, 0.15) is 22.3 Å². The fourth-order valence-electron chi connectivity index (χ4n) is 1.11. The second kappa shape index (κ2) is 6.22. The number of benzene rings is 1. The second-order valence-electron chi connectivity index (χ2n) is 2.98. The first kappa shape index (κ1) is 11.8. The van der Waals surface area contributed by atoms with Crippen LogP contribution in [-0.4, -0.2) is 11.8 Å². The maximum Gasteiger partial charge on any atom is 0.265 e. The zero-order valence-electron chi connectivity index (χ0n) is 8.24. The molecule has 1 aromatic carbocycles. The summed E-state index contributed by atoms with van der Waals surface area (Å²) in [7, 11) is 0. The van der Waals surface area contributed by atoms with Gasteiger partial charge in [-0.2, -0.15) is 0 Å². The second-order valence-corrected chi connectivity index (χ2v) is 3.35. The highest BCUT2D eigenvalue weighted by Gasteiger charge is 2.00. The summed E-state index contributed by atoms with van der Waals surface area (Å²) >= 11 is 5.54. The first-order valence-corrected chi connectivity index (χ1v) is 5.15. The van der Waals surface area contributed by atoms with Gasteiger partial charge in [-0.1, -0.05) is 24.3 Å². The summed E-state index contributed by atoms with van der Waals surface area (Å²) in [6, 6.07) is 7.16. The summed E-state index contributed by atoms with van der Waals surface area (Å²) in [6.45, 7) is 0. The lowest BCUT2D eigenvalue weighted by molar-refractivity contribution is 0.0953. The van der Waals surface area contributed by atoms with Gasteiger partial charge >= 0.3 is 0 Å². The van der Waals surface area contributed by atoms with E-state index in [0.29, 0.717) is 11.4 Å². The number of rotatable bonds is 4. The number of amides is 1. The molecular weight excluding hydrogens is 212 g/mol.